The molecule has 1 aromatic rings. The molecule has 1 aliphatic heterocycles. The molecule has 98 valence electrons. The van der Waals surface area contributed by atoms with Crippen LogP contribution in [0, 0.1) is 5.92 Å². The van der Waals surface area contributed by atoms with Crippen LogP contribution in [0.25, 0.3) is 0 Å². The maximum Gasteiger partial charge on any atom is 0.0820 e. The van der Waals surface area contributed by atoms with Crippen LogP contribution in [0.4, 0.5) is 5.69 Å². The van der Waals surface area contributed by atoms with Crippen molar-refractivity contribution in [1.82, 2.24) is 10.3 Å². The fourth-order valence-electron chi connectivity index (χ4n) is 1.86. The van der Waals surface area contributed by atoms with E-state index in [0.29, 0.717) is 5.02 Å². The van der Waals surface area contributed by atoms with Crippen molar-refractivity contribution in [3.8, 4) is 0 Å². The molecule has 1 aliphatic rings. The fraction of sp³-hybridized carbons (Fsp3) is 0.545. The summed E-state index contributed by atoms with van der Waals surface area (Å²) in [5.41, 5.74) is 0.991. The van der Waals surface area contributed by atoms with Gasteiger partial charge in [0.1, 0.15) is 0 Å². The molecule has 17 heavy (non-hydrogen) atoms. The SMILES string of the molecule is Cl.Cl.Clc1cnccc1NCC1CCNCC1. The van der Waals surface area contributed by atoms with E-state index >= 15 is 0 Å². The monoisotopic (exact) mass is 297 g/mol. The zero-order valence-electron chi connectivity index (χ0n) is 9.49. The Morgan fingerprint density at radius 3 is 2.71 bits per heavy atom. The fourth-order valence-corrected chi connectivity index (χ4v) is 2.04. The zero-order chi connectivity index (χ0) is 10.5. The Morgan fingerprint density at radius 2 is 2.06 bits per heavy atom. The minimum absolute atomic E-state index is 0. The lowest BCUT2D eigenvalue weighted by Crippen LogP contribution is -2.31. The molecule has 0 aliphatic carbocycles. The molecule has 0 spiro atoms. The molecule has 0 bridgehead atoms. The van der Waals surface area contributed by atoms with Crippen molar-refractivity contribution in [1.29, 1.82) is 0 Å². The number of nitrogens with one attached hydrogen (secondary N) is 2. The van der Waals surface area contributed by atoms with Crippen LogP contribution in [0.3, 0.4) is 0 Å². The van der Waals surface area contributed by atoms with Crippen molar-refractivity contribution in [2.24, 2.45) is 5.92 Å². The van der Waals surface area contributed by atoms with E-state index in [1.165, 1.54) is 12.8 Å². The summed E-state index contributed by atoms with van der Waals surface area (Å²) >= 11 is 6.00. The molecule has 1 saturated heterocycles. The van der Waals surface area contributed by atoms with Gasteiger partial charge in [0.25, 0.3) is 0 Å². The van der Waals surface area contributed by atoms with E-state index in [4.69, 9.17) is 11.6 Å². The number of pyridine rings is 1. The Hall–Kier alpha value is -0.220. The molecular formula is C11H18Cl3N3. The van der Waals surface area contributed by atoms with E-state index in [1.54, 1.807) is 12.4 Å². The van der Waals surface area contributed by atoms with Crippen molar-refractivity contribution in [3.63, 3.8) is 0 Å². The van der Waals surface area contributed by atoms with E-state index in [1.807, 2.05) is 6.07 Å². The van der Waals surface area contributed by atoms with Crippen molar-refractivity contribution in [2.45, 2.75) is 12.8 Å². The maximum atomic E-state index is 6.00. The number of hydrogen-bond donors (Lipinski definition) is 2. The maximum absolute atomic E-state index is 6.00. The van der Waals surface area contributed by atoms with Crippen LogP contribution < -0.4 is 10.6 Å². The van der Waals surface area contributed by atoms with Crippen LogP contribution in [0.15, 0.2) is 18.5 Å². The van der Waals surface area contributed by atoms with Gasteiger partial charge in [0.15, 0.2) is 0 Å². The second-order valence-corrected chi connectivity index (χ2v) is 4.34. The van der Waals surface area contributed by atoms with Crippen LogP contribution in [0.5, 0.6) is 0 Å². The highest BCUT2D eigenvalue weighted by molar-refractivity contribution is 6.33. The standard InChI is InChI=1S/C11H16ClN3.2ClH/c12-10-8-14-6-3-11(10)15-7-9-1-4-13-5-2-9;;/h3,6,8-9,13H,1-2,4-5,7H2,(H,14,15);2*1H. The molecule has 3 nitrogen and oxygen atoms in total. The average Bonchev–Trinajstić information content (AvgIpc) is 2.29. The second-order valence-electron chi connectivity index (χ2n) is 3.93. The largest absolute Gasteiger partial charge is 0.383 e. The van der Waals surface area contributed by atoms with Gasteiger partial charge in [0, 0.05) is 18.9 Å². The molecule has 2 heterocycles. The van der Waals surface area contributed by atoms with E-state index in [0.717, 1.165) is 31.2 Å². The Morgan fingerprint density at radius 1 is 1.35 bits per heavy atom. The van der Waals surface area contributed by atoms with Crippen LogP contribution in [-0.2, 0) is 0 Å². The molecule has 0 amide bonds. The number of anilines is 1. The van der Waals surface area contributed by atoms with Gasteiger partial charge in [-0.3, -0.25) is 4.98 Å². The summed E-state index contributed by atoms with van der Waals surface area (Å²) in [6, 6.07) is 1.92. The number of halogens is 3. The third kappa shape index (κ3) is 5.30. The van der Waals surface area contributed by atoms with Crippen molar-refractivity contribution in [2.75, 3.05) is 25.0 Å². The molecule has 0 radical (unpaired) electrons. The van der Waals surface area contributed by atoms with Gasteiger partial charge in [-0.25, -0.2) is 0 Å². The molecule has 0 atom stereocenters. The number of aromatic nitrogens is 1. The topological polar surface area (TPSA) is 37.0 Å². The molecule has 2 rings (SSSR count). The van der Waals surface area contributed by atoms with E-state index in [-0.39, 0.29) is 24.8 Å². The Kier molecular flexibility index (Phi) is 8.70. The first-order valence-electron chi connectivity index (χ1n) is 5.40. The Balaban J connectivity index is 0.00000128. The average molecular weight is 299 g/mol. The first-order valence-corrected chi connectivity index (χ1v) is 5.78. The third-order valence-corrected chi connectivity index (χ3v) is 3.11. The lowest BCUT2D eigenvalue weighted by atomic mass is 9.98. The number of hydrogen-bond acceptors (Lipinski definition) is 3. The van der Waals surface area contributed by atoms with Gasteiger partial charge in [0.2, 0.25) is 0 Å². The van der Waals surface area contributed by atoms with Gasteiger partial charge in [-0.2, -0.15) is 0 Å². The molecule has 0 saturated carbocycles. The van der Waals surface area contributed by atoms with Gasteiger partial charge in [0.05, 0.1) is 10.7 Å². The minimum atomic E-state index is 0. The summed E-state index contributed by atoms with van der Waals surface area (Å²) in [7, 11) is 0. The van der Waals surface area contributed by atoms with Crippen LogP contribution in [0.2, 0.25) is 5.02 Å². The highest BCUT2D eigenvalue weighted by Crippen LogP contribution is 2.20. The molecule has 1 aromatic heterocycles. The van der Waals surface area contributed by atoms with Crippen molar-refractivity contribution < 1.29 is 0 Å². The van der Waals surface area contributed by atoms with E-state index in [2.05, 4.69) is 15.6 Å². The number of rotatable bonds is 3. The summed E-state index contributed by atoms with van der Waals surface area (Å²) in [5.74, 6) is 0.760. The first-order chi connectivity index (χ1) is 7.36. The Bertz CT molecular complexity index is 317. The van der Waals surface area contributed by atoms with Gasteiger partial charge in [-0.15, -0.1) is 24.8 Å². The summed E-state index contributed by atoms with van der Waals surface area (Å²) in [4.78, 5) is 3.96. The molecule has 6 heteroatoms. The smallest absolute Gasteiger partial charge is 0.0820 e. The lowest BCUT2D eigenvalue weighted by molar-refractivity contribution is 0.390. The van der Waals surface area contributed by atoms with Crippen LogP contribution in [-0.4, -0.2) is 24.6 Å². The van der Waals surface area contributed by atoms with Crippen molar-refractivity contribution in [3.05, 3.63) is 23.5 Å². The summed E-state index contributed by atoms with van der Waals surface area (Å²) in [6.45, 7) is 3.28. The van der Waals surface area contributed by atoms with Crippen molar-refractivity contribution >= 4 is 42.1 Å². The summed E-state index contributed by atoms with van der Waals surface area (Å²) in [5, 5.41) is 7.44. The highest BCUT2D eigenvalue weighted by Gasteiger charge is 2.12. The molecule has 0 unspecified atom stereocenters. The third-order valence-electron chi connectivity index (χ3n) is 2.81. The normalized spacial score (nSPS) is 15.6. The minimum Gasteiger partial charge on any atom is -0.383 e. The van der Waals surface area contributed by atoms with Crippen LogP contribution >= 0.6 is 36.4 Å². The molecule has 1 fully saturated rings. The number of piperidine rings is 1. The molecule has 0 aromatic carbocycles. The predicted octanol–water partition coefficient (Wildman–Crippen LogP) is 2.99. The predicted molar refractivity (Wildman–Crippen MR) is 77.8 cm³/mol. The van der Waals surface area contributed by atoms with Gasteiger partial charge >= 0.3 is 0 Å². The Labute approximate surface area is 120 Å². The summed E-state index contributed by atoms with van der Waals surface area (Å²) < 4.78 is 0. The van der Waals surface area contributed by atoms with E-state index < -0.39 is 0 Å². The number of nitrogens with zero attached hydrogens (tertiary/aromatic N) is 1. The highest BCUT2D eigenvalue weighted by atomic mass is 35.5. The quantitative estimate of drug-likeness (QED) is 0.901. The molecular weight excluding hydrogens is 281 g/mol. The summed E-state index contributed by atoms with van der Waals surface area (Å²) in [6.07, 6.45) is 5.92. The first kappa shape index (κ1) is 16.8. The van der Waals surface area contributed by atoms with Crippen LogP contribution in [0.1, 0.15) is 12.8 Å². The lowest BCUT2D eigenvalue weighted by Gasteiger charge is -2.23. The second kappa shape index (κ2) is 8.81. The van der Waals surface area contributed by atoms with E-state index in [9.17, 15) is 0 Å². The van der Waals surface area contributed by atoms with Gasteiger partial charge < -0.3 is 10.6 Å². The zero-order valence-corrected chi connectivity index (χ0v) is 11.9. The van der Waals surface area contributed by atoms with Gasteiger partial charge in [-0.05, 0) is 37.9 Å². The van der Waals surface area contributed by atoms with Gasteiger partial charge in [-0.1, -0.05) is 11.6 Å². The molecule has 2 N–H and O–H groups in total.